The van der Waals surface area contributed by atoms with E-state index in [1.807, 2.05) is 13.1 Å². The third-order valence-corrected chi connectivity index (χ3v) is 6.07. The van der Waals surface area contributed by atoms with Crippen molar-refractivity contribution in [3.05, 3.63) is 29.8 Å². The van der Waals surface area contributed by atoms with Crippen LogP contribution in [0.15, 0.2) is 24.3 Å². The van der Waals surface area contributed by atoms with Gasteiger partial charge in [0.15, 0.2) is 0 Å². The first-order valence-corrected chi connectivity index (χ1v) is 11.6. The van der Waals surface area contributed by atoms with Crippen LogP contribution in [0, 0.1) is 0 Å². The molecule has 0 radical (unpaired) electrons. The molecule has 2 aliphatic rings. The molecule has 0 bridgehead atoms. The van der Waals surface area contributed by atoms with E-state index < -0.39 is 6.10 Å². The van der Waals surface area contributed by atoms with Crippen LogP contribution in [0.5, 0.6) is 5.75 Å². The molecule has 1 atom stereocenters. The smallest absolute Gasteiger partial charge is 0.119 e. The molecule has 0 aromatic heterocycles. The van der Waals surface area contributed by atoms with Crippen molar-refractivity contribution in [2.24, 2.45) is 0 Å². The van der Waals surface area contributed by atoms with Gasteiger partial charge in [0.05, 0.1) is 18.8 Å². The Kier molecular flexibility index (Phi) is 9.74. The van der Waals surface area contributed by atoms with Gasteiger partial charge in [0.25, 0.3) is 0 Å². The molecule has 2 fully saturated rings. The molecule has 1 saturated heterocycles. The third-order valence-electron chi connectivity index (χ3n) is 6.07. The van der Waals surface area contributed by atoms with E-state index in [4.69, 9.17) is 9.47 Å². The number of benzene rings is 1. The topological polar surface area (TPSA) is 45.2 Å². The second-order valence-electron chi connectivity index (χ2n) is 8.84. The molecule has 1 N–H and O–H groups in total. The van der Waals surface area contributed by atoms with Gasteiger partial charge in [-0.2, -0.15) is 0 Å². The van der Waals surface area contributed by atoms with E-state index in [9.17, 15) is 5.11 Å². The Bertz CT molecular complexity index is 571. The van der Waals surface area contributed by atoms with Crippen LogP contribution in [0.3, 0.4) is 0 Å². The number of piperidine rings is 1. The first-order chi connectivity index (χ1) is 14.2. The van der Waals surface area contributed by atoms with Crippen molar-refractivity contribution < 1.29 is 14.6 Å². The Hall–Kier alpha value is -1.14. The molecule has 1 saturated carbocycles. The molecule has 0 amide bonds. The molecule has 1 aliphatic heterocycles. The van der Waals surface area contributed by atoms with Crippen molar-refractivity contribution in [2.45, 2.75) is 70.1 Å². The SMILES string of the molecule is CN(Cc1cccc(OCCN2CCCCC2)c1)CC(O)COC1CCCCC1. The first-order valence-electron chi connectivity index (χ1n) is 11.6. The lowest BCUT2D eigenvalue weighted by atomic mass is 9.98. The number of hydrogen-bond acceptors (Lipinski definition) is 5. The minimum absolute atomic E-state index is 0.350. The molecule has 164 valence electrons. The molecule has 5 heteroatoms. The first kappa shape index (κ1) is 22.5. The average Bonchev–Trinajstić information content (AvgIpc) is 2.74. The lowest BCUT2D eigenvalue weighted by Gasteiger charge is -2.26. The quantitative estimate of drug-likeness (QED) is 0.609. The number of nitrogens with zero attached hydrogens (tertiary/aromatic N) is 2. The van der Waals surface area contributed by atoms with Crippen molar-refractivity contribution in [1.29, 1.82) is 0 Å². The molecule has 5 nitrogen and oxygen atoms in total. The maximum Gasteiger partial charge on any atom is 0.119 e. The number of rotatable bonds is 11. The Morgan fingerprint density at radius 1 is 1.10 bits per heavy atom. The minimum atomic E-state index is -0.439. The Morgan fingerprint density at radius 2 is 1.86 bits per heavy atom. The van der Waals surface area contributed by atoms with E-state index >= 15 is 0 Å². The van der Waals surface area contributed by atoms with Crippen molar-refractivity contribution in [3.63, 3.8) is 0 Å². The monoisotopic (exact) mass is 404 g/mol. The van der Waals surface area contributed by atoms with Crippen molar-refractivity contribution >= 4 is 0 Å². The summed E-state index contributed by atoms with van der Waals surface area (Å²) in [6, 6.07) is 8.34. The Balaban J connectivity index is 1.34. The van der Waals surface area contributed by atoms with E-state index in [1.54, 1.807) is 0 Å². The highest BCUT2D eigenvalue weighted by Gasteiger charge is 2.16. The summed E-state index contributed by atoms with van der Waals surface area (Å²) in [5, 5.41) is 10.3. The number of likely N-dealkylation sites (tertiary alicyclic amines) is 1. The fourth-order valence-corrected chi connectivity index (χ4v) is 4.48. The van der Waals surface area contributed by atoms with E-state index in [1.165, 1.54) is 57.2 Å². The van der Waals surface area contributed by atoms with Crippen LogP contribution in [-0.2, 0) is 11.3 Å². The molecule has 1 aliphatic carbocycles. The zero-order valence-electron chi connectivity index (χ0n) is 18.2. The summed E-state index contributed by atoms with van der Waals surface area (Å²) < 4.78 is 11.9. The van der Waals surface area contributed by atoms with E-state index in [0.717, 1.165) is 38.3 Å². The summed E-state index contributed by atoms with van der Waals surface area (Å²) in [6.07, 6.45) is 10.1. The lowest BCUT2D eigenvalue weighted by Crippen LogP contribution is -2.33. The number of aliphatic hydroxyl groups excluding tert-OH is 1. The summed E-state index contributed by atoms with van der Waals surface area (Å²) >= 11 is 0. The second-order valence-corrected chi connectivity index (χ2v) is 8.84. The van der Waals surface area contributed by atoms with Crippen molar-refractivity contribution in [3.8, 4) is 5.75 Å². The largest absolute Gasteiger partial charge is 0.492 e. The molecule has 1 unspecified atom stereocenters. The maximum atomic E-state index is 10.3. The Labute approximate surface area is 177 Å². The lowest BCUT2D eigenvalue weighted by molar-refractivity contribution is -0.0319. The molecule has 3 rings (SSSR count). The van der Waals surface area contributed by atoms with Gasteiger partial charge in [-0.05, 0) is 63.5 Å². The summed E-state index contributed by atoms with van der Waals surface area (Å²) in [5.41, 5.74) is 1.21. The van der Waals surface area contributed by atoms with Crippen LogP contribution in [0.2, 0.25) is 0 Å². The van der Waals surface area contributed by atoms with Gasteiger partial charge in [0.2, 0.25) is 0 Å². The molecular weight excluding hydrogens is 364 g/mol. The molecular formula is C24H40N2O3. The molecule has 0 spiro atoms. The third kappa shape index (κ3) is 8.63. The van der Waals surface area contributed by atoms with Gasteiger partial charge in [-0.15, -0.1) is 0 Å². The molecule has 29 heavy (non-hydrogen) atoms. The second kappa shape index (κ2) is 12.5. The van der Waals surface area contributed by atoms with Crippen LogP contribution in [0.4, 0.5) is 0 Å². The van der Waals surface area contributed by atoms with E-state index in [2.05, 4.69) is 28.0 Å². The van der Waals surface area contributed by atoms with Gasteiger partial charge < -0.3 is 14.6 Å². The Morgan fingerprint density at radius 3 is 2.66 bits per heavy atom. The van der Waals surface area contributed by atoms with Gasteiger partial charge in [-0.3, -0.25) is 9.80 Å². The van der Waals surface area contributed by atoms with Crippen molar-refractivity contribution in [2.75, 3.05) is 46.4 Å². The summed E-state index contributed by atoms with van der Waals surface area (Å²) in [4.78, 5) is 4.65. The van der Waals surface area contributed by atoms with Gasteiger partial charge in [-0.25, -0.2) is 0 Å². The van der Waals surface area contributed by atoms with E-state index in [-0.39, 0.29) is 0 Å². The van der Waals surface area contributed by atoms with Gasteiger partial charge in [-0.1, -0.05) is 37.8 Å². The van der Waals surface area contributed by atoms with Crippen LogP contribution in [0.1, 0.15) is 56.9 Å². The van der Waals surface area contributed by atoms with Gasteiger partial charge in [0.1, 0.15) is 12.4 Å². The number of aliphatic hydroxyl groups is 1. The fourth-order valence-electron chi connectivity index (χ4n) is 4.48. The average molecular weight is 405 g/mol. The van der Waals surface area contributed by atoms with Crippen LogP contribution in [-0.4, -0.2) is 73.6 Å². The van der Waals surface area contributed by atoms with Crippen LogP contribution >= 0.6 is 0 Å². The van der Waals surface area contributed by atoms with Crippen molar-refractivity contribution in [1.82, 2.24) is 9.80 Å². The molecule has 1 aromatic rings. The van der Waals surface area contributed by atoms with Gasteiger partial charge in [0, 0.05) is 19.6 Å². The predicted octanol–water partition coefficient (Wildman–Crippen LogP) is 3.69. The fraction of sp³-hybridized carbons (Fsp3) is 0.750. The summed E-state index contributed by atoms with van der Waals surface area (Å²) in [5.74, 6) is 0.939. The maximum absolute atomic E-state index is 10.3. The highest BCUT2D eigenvalue weighted by Crippen LogP contribution is 2.20. The van der Waals surface area contributed by atoms with Crippen LogP contribution < -0.4 is 4.74 Å². The highest BCUT2D eigenvalue weighted by atomic mass is 16.5. The van der Waals surface area contributed by atoms with E-state index in [0.29, 0.717) is 19.3 Å². The number of hydrogen-bond donors (Lipinski definition) is 1. The predicted molar refractivity (Wildman–Crippen MR) is 117 cm³/mol. The molecule has 1 aromatic carbocycles. The van der Waals surface area contributed by atoms with Gasteiger partial charge >= 0.3 is 0 Å². The zero-order valence-corrected chi connectivity index (χ0v) is 18.2. The number of ether oxygens (including phenoxy) is 2. The normalized spacial score (nSPS) is 20.1. The number of likely N-dealkylation sites (N-methyl/N-ethyl adjacent to an activating group) is 1. The minimum Gasteiger partial charge on any atom is -0.492 e. The zero-order chi connectivity index (χ0) is 20.3. The highest BCUT2D eigenvalue weighted by molar-refractivity contribution is 5.28. The summed E-state index contributed by atoms with van der Waals surface area (Å²) in [6.45, 7) is 6.03. The summed E-state index contributed by atoms with van der Waals surface area (Å²) in [7, 11) is 2.05. The molecule has 1 heterocycles. The standard InChI is InChI=1S/C24H40N2O3/c1-25(19-22(27)20-29-23-10-4-2-5-11-23)18-21-9-8-12-24(17-21)28-16-15-26-13-6-3-7-14-26/h8-9,12,17,22-23,27H,2-7,10-11,13-16,18-20H2,1H3. The van der Waals surface area contributed by atoms with Crippen LogP contribution in [0.25, 0.3) is 0 Å².